The van der Waals surface area contributed by atoms with Gasteiger partial charge in [-0.25, -0.2) is 4.57 Å². The molecule has 0 N–H and O–H groups in total. The van der Waals surface area contributed by atoms with Crippen LogP contribution in [0.4, 0.5) is 15.8 Å². The van der Waals surface area contributed by atoms with E-state index in [1.807, 2.05) is 13.1 Å². The van der Waals surface area contributed by atoms with Gasteiger partial charge in [0.15, 0.2) is 0 Å². The number of anilines is 1. The third-order valence-corrected chi connectivity index (χ3v) is 6.36. The van der Waals surface area contributed by atoms with Crippen LogP contribution in [0, 0.1) is 0 Å². The van der Waals surface area contributed by atoms with Gasteiger partial charge in [-0.05, 0) is 36.4 Å². The summed E-state index contributed by atoms with van der Waals surface area (Å²) in [6.07, 6.45) is 2.13. The Labute approximate surface area is 175 Å². The van der Waals surface area contributed by atoms with Crippen molar-refractivity contribution in [2.24, 2.45) is 24.3 Å². The number of para-hydroxylation sites is 1. The first-order chi connectivity index (χ1) is 14.1. The van der Waals surface area contributed by atoms with Crippen LogP contribution in [0.5, 0.6) is 0 Å². The molecule has 2 heterocycles. The largest absolute Gasteiger partial charge is 0.410 e. The van der Waals surface area contributed by atoms with E-state index in [0.29, 0.717) is 0 Å². The van der Waals surface area contributed by atoms with Gasteiger partial charge in [-0.15, -0.1) is 0 Å². The molecule has 0 bridgehead atoms. The van der Waals surface area contributed by atoms with Crippen molar-refractivity contribution in [3.05, 3.63) is 60.8 Å². The van der Waals surface area contributed by atoms with Crippen molar-refractivity contribution in [3.8, 4) is 11.3 Å². The van der Waals surface area contributed by atoms with Gasteiger partial charge in [0.1, 0.15) is 16.9 Å². The van der Waals surface area contributed by atoms with Gasteiger partial charge in [0.25, 0.3) is 0 Å². The number of aryl methyl sites for hydroxylation is 2. The topological polar surface area (TPSA) is 36.8 Å². The smallest absolute Gasteiger partial charge is 0.361 e. The third-order valence-electron chi connectivity index (χ3n) is 5.24. The minimum absolute atomic E-state index is 0.888. The minimum Gasteiger partial charge on any atom is -0.361 e. The number of nitrogens with zero attached hydrogens (tertiary/aromatic N) is 5. The number of azo groups is 1. The first kappa shape index (κ1) is 19.3. The molecule has 0 saturated carbocycles. The Morgan fingerprint density at radius 2 is 1.66 bits per heavy atom. The number of rotatable bonds is 6. The van der Waals surface area contributed by atoms with Gasteiger partial charge < -0.3 is 9.47 Å². The molecule has 0 radical (unpaired) electrons. The molecule has 148 valence electrons. The Balaban J connectivity index is 1.83. The molecule has 4 aromatic rings. The van der Waals surface area contributed by atoms with Gasteiger partial charge in [-0.1, -0.05) is 48.5 Å². The maximum Gasteiger partial charge on any atom is 0.410 e. The molecule has 0 aliphatic rings. The zero-order chi connectivity index (χ0) is 20.4. The highest BCUT2D eigenvalue weighted by Gasteiger charge is 2.20. The molecule has 4 rings (SSSR count). The highest BCUT2D eigenvalue weighted by atomic mass is 32.1. The highest BCUT2D eigenvalue weighted by molar-refractivity contribution is 7.18. The normalized spacial score (nSPS) is 11.6. The number of hydrogen-bond donors (Lipinski definition) is 0. The number of fused-ring (bicyclic) bond motifs is 1. The molecule has 0 saturated heterocycles. The van der Waals surface area contributed by atoms with Crippen molar-refractivity contribution in [1.82, 2.24) is 4.57 Å². The summed E-state index contributed by atoms with van der Waals surface area (Å²) >= 11 is 1.67. The lowest BCUT2D eigenvalue weighted by molar-refractivity contribution is -0.653. The number of aromatic nitrogens is 2. The summed E-state index contributed by atoms with van der Waals surface area (Å²) < 4.78 is 4.25. The molecule has 0 amide bonds. The average Bonchev–Trinajstić information content (AvgIpc) is 3.25. The Kier molecular flexibility index (Phi) is 5.45. The molecule has 6 heteroatoms. The van der Waals surface area contributed by atoms with E-state index < -0.39 is 0 Å². The van der Waals surface area contributed by atoms with E-state index in [1.54, 1.807) is 11.3 Å². The third kappa shape index (κ3) is 3.56. The van der Waals surface area contributed by atoms with E-state index in [1.165, 1.54) is 5.00 Å². The first-order valence-electron chi connectivity index (χ1n) is 9.93. The SMILES string of the molecule is CCN(CC)c1c[n+](C)c(N=Nc2c(-c3ccccc3)n(C)c3ccccc23)s1. The van der Waals surface area contributed by atoms with E-state index in [0.717, 1.165) is 46.1 Å². The van der Waals surface area contributed by atoms with Crippen molar-refractivity contribution >= 4 is 38.1 Å². The van der Waals surface area contributed by atoms with Crippen molar-refractivity contribution in [2.75, 3.05) is 18.0 Å². The van der Waals surface area contributed by atoms with E-state index >= 15 is 0 Å². The summed E-state index contributed by atoms with van der Waals surface area (Å²) in [7, 11) is 4.12. The molecule has 0 atom stereocenters. The summed E-state index contributed by atoms with van der Waals surface area (Å²) in [4.78, 5) is 2.33. The van der Waals surface area contributed by atoms with Crippen LogP contribution in [0.1, 0.15) is 13.8 Å². The monoisotopic (exact) mass is 404 g/mol. The fourth-order valence-electron chi connectivity index (χ4n) is 3.68. The van der Waals surface area contributed by atoms with Gasteiger partial charge in [0, 0.05) is 31.1 Å². The number of benzene rings is 2. The minimum atomic E-state index is 0.888. The molecular weight excluding hydrogens is 378 g/mol. The Morgan fingerprint density at radius 1 is 0.966 bits per heavy atom. The Hall–Kier alpha value is -2.99. The summed E-state index contributed by atoms with van der Waals surface area (Å²) in [5.41, 5.74) is 4.28. The molecule has 29 heavy (non-hydrogen) atoms. The molecule has 2 aromatic carbocycles. The van der Waals surface area contributed by atoms with Gasteiger partial charge in [-0.2, -0.15) is 0 Å². The van der Waals surface area contributed by atoms with Crippen molar-refractivity contribution < 1.29 is 4.57 Å². The van der Waals surface area contributed by atoms with Gasteiger partial charge >= 0.3 is 5.13 Å². The predicted molar refractivity (Wildman–Crippen MR) is 122 cm³/mol. The standard InChI is InChI=1S/C23H26N5S/c1-5-28(6-2)20-16-26(3)23(29-20)25-24-21-18-14-10-11-15-19(18)27(4)22(21)17-12-8-7-9-13-17/h7-16H,5-6H2,1-4H3/q+1. The van der Waals surface area contributed by atoms with Crippen LogP contribution in [0.2, 0.25) is 0 Å². The van der Waals surface area contributed by atoms with Crippen LogP contribution < -0.4 is 9.47 Å². The number of hydrogen-bond acceptors (Lipinski definition) is 4. The fourth-order valence-corrected chi connectivity index (χ4v) is 4.74. The summed E-state index contributed by atoms with van der Waals surface area (Å²) in [5.74, 6) is 0. The zero-order valence-electron chi connectivity index (χ0n) is 17.3. The maximum atomic E-state index is 4.76. The van der Waals surface area contributed by atoms with Crippen LogP contribution in [-0.4, -0.2) is 17.7 Å². The fraction of sp³-hybridized carbons (Fsp3) is 0.261. The van der Waals surface area contributed by atoms with Crippen LogP contribution in [-0.2, 0) is 14.1 Å². The first-order valence-corrected chi connectivity index (χ1v) is 10.7. The molecule has 5 nitrogen and oxygen atoms in total. The lowest BCUT2D eigenvalue weighted by Crippen LogP contribution is -2.26. The highest BCUT2D eigenvalue weighted by Crippen LogP contribution is 2.40. The summed E-state index contributed by atoms with van der Waals surface area (Å²) in [6.45, 7) is 6.31. The second kappa shape index (κ2) is 8.17. The van der Waals surface area contributed by atoms with Gasteiger partial charge in [-0.3, -0.25) is 0 Å². The van der Waals surface area contributed by atoms with Gasteiger partial charge in [0.2, 0.25) is 0 Å². The van der Waals surface area contributed by atoms with E-state index in [-0.39, 0.29) is 0 Å². The quantitative estimate of drug-likeness (QED) is 0.287. The lowest BCUT2D eigenvalue weighted by atomic mass is 10.1. The predicted octanol–water partition coefficient (Wildman–Crippen LogP) is 5.99. The second-order valence-electron chi connectivity index (χ2n) is 6.97. The maximum absolute atomic E-state index is 4.76. The molecule has 0 aliphatic heterocycles. The number of thiazole rings is 1. The van der Waals surface area contributed by atoms with E-state index in [2.05, 4.69) is 94.8 Å². The van der Waals surface area contributed by atoms with Crippen LogP contribution in [0.15, 0.2) is 71.0 Å². The molecule has 2 aromatic heterocycles. The lowest BCUT2D eigenvalue weighted by Gasteiger charge is -2.16. The zero-order valence-corrected chi connectivity index (χ0v) is 18.1. The summed E-state index contributed by atoms with van der Waals surface area (Å²) in [5, 5.41) is 12.6. The Morgan fingerprint density at radius 3 is 2.38 bits per heavy atom. The molecule has 0 unspecified atom stereocenters. The van der Waals surface area contributed by atoms with Gasteiger partial charge in [0.05, 0.1) is 23.4 Å². The molecule has 0 aliphatic carbocycles. The van der Waals surface area contributed by atoms with Crippen LogP contribution in [0.3, 0.4) is 0 Å². The van der Waals surface area contributed by atoms with Crippen LogP contribution >= 0.6 is 11.3 Å². The molecule has 0 spiro atoms. The molecule has 0 fully saturated rings. The Bertz CT molecular complexity index is 1150. The average molecular weight is 405 g/mol. The van der Waals surface area contributed by atoms with Crippen molar-refractivity contribution in [2.45, 2.75) is 13.8 Å². The van der Waals surface area contributed by atoms with E-state index in [9.17, 15) is 0 Å². The van der Waals surface area contributed by atoms with Crippen LogP contribution in [0.25, 0.3) is 22.2 Å². The van der Waals surface area contributed by atoms with Crippen molar-refractivity contribution in [1.29, 1.82) is 0 Å². The van der Waals surface area contributed by atoms with Crippen molar-refractivity contribution in [3.63, 3.8) is 0 Å². The second-order valence-corrected chi connectivity index (χ2v) is 7.96. The van der Waals surface area contributed by atoms with E-state index in [4.69, 9.17) is 5.11 Å². The molecular formula is C23H26N5S+. The summed E-state index contributed by atoms with van der Waals surface area (Å²) in [6, 6.07) is 18.8.